The first-order valence-electron chi connectivity index (χ1n) is 9.47. The van der Waals surface area contributed by atoms with Gasteiger partial charge >= 0.3 is 0 Å². The summed E-state index contributed by atoms with van der Waals surface area (Å²) in [7, 11) is 0. The summed E-state index contributed by atoms with van der Waals surface area (Å²) in [4.78, 5) is 0. The molecule has 3 N–H and O–H groups in total. The lowest BCUT2D eigenvalue weighted by atomic mass is 9.99. The number of halogens is 1. The van der Waals surface area contributed by atoms with E-state index in [1.807, 2.05) is 60.7 Å². The van der Waals surface area contributed by atoms with Crippen LogP contribution in [0.5, 0.6) is 5.75 Å². The number of furan rings is 1. The number of ether oxygens (including phenoxy) is 1. The van der Waals surface area contributed by atoms with E-state index in [9.17, 15) is 5.11 Å². The van der Waals surface area contributed by atoms with Gasteiger partial charge in [-0.05, 0) is 64.8 Å². The Labute approximate surface area is 184 Å². The second-order valence-electron chi connectivity index (χ2n) is 6.98. The molecule has 0 aliphatic heterocycles. The van der Waals surface area contributed by atoms with Gasteiger partial charge in [0, 0.05) is 35.5 Å². The SMILES string of the molecule is NCc1cccc(-c2cc(COc3ccccc3CC(O)=S)cc3cc(Cl)oc23)c1. The van der Waals surface area contributed by atoms with Gasteiger partial charge in [0.05, 0.1) is 0 Å². The zero-order valence-corrected chi connectivity index (χ0v) is 17.7. The number of hydrogen-bond acceptors (Lipinski definition) is 4. The predicted molar refractivity (Wildman–Crippen MR) is 124 cm³/mol. The van der Waals surface area contributed by atoms with Crippen LogP contribution in [0.25, 0.3) is 22.1 Å². The standard InChI is InChI=1S/C24H20ClNO3S/c25-22-11-19-9-16(14-28-21-7-2-1-5-18(21)12-23(27)30)10-20(24(19)29-22)17-6-3-4-15(8-17)13-26/h1-11H,12-14,26H2,(H,27,30). The molecule has 3 aromatic carbocycles. The van der Waals surface area contributed by atoms with Gasteiger partial charge in [-0.3, -0.25) is 0 Å². The number of hydrogen-bond donors (Lipinski definition) is 2. The molecule has 0 aliphatic rings. The Morgan fingerprint density at radius 1 is 1.03 bits per heavy atom. The van der Waals surface area contributed by atoms with Crippen LogP contribution in [0.15, 0.2) is 71.1 Å². The van der Waals surface area contributed by atoms with Gasteiger partial charge in [-0.15, -0.1) is 0 Å². The fourth-order valence-corrected chi connectivity index (χ4v) is 3.81. The Balaban J connectivity index is 1.70. The molecule has 4 rings (SSSR count). The first-order valence-corrected chi connectivity index (χ1v) is 10.3. The van der Waals surface area contributed by atoms with Gasteiger partial charge in [0.15, 0.2) is 10.3 Å². The monoisotopic (exact) mass is 437 g/mol. The zero-order valence-electron chi connectivity index (χ0n) is 16.1. The molecule has 0 saturated carbocycles. The maximum absolute atomic E-state index is 9.49. The summed E-state index contributed by atoms with van der Waals surface area (Å²) < 4.78 is 11.8. The van der Waals surface area contributed by atoms with Gasteiger partial charge in [-0.2, -0.15) is 0 Å². The van der Waals surface area contributed by atoms with Gasteiger partial charge < -0.3 is 20.0 Å². The molecule has 4 aromatic rings. The number of aliphatic hydroxyl groups excluding tert-OH is 1. The highest BCUT2D eigenvalue weighted by molar-refractivity contribution is 7.80. The van der Waals surface area contributed by atoms with Crippen molar-refractivity contribution in [2.45, 2.75) is 19.6 Å². The van der Waals surface area contributed by atoms with Crippen molar-refractivity contribution in [1.29, 1.82) is 0 Å². The summed E-state index contributed by atoms with van der Waals surface area (Å²) in [6, 6.07) is 21.4. The molecule has 0 fully saturated rings. The molecule has 0 spiro atoms. The normalized spacial score (nSPS) is 11.0. The van der Waals surface area contributed by atoms with Crippen molar-refractivity contribution < 1.29 is 14.3 Å². The summed E-state index contributed by atoms with van der Waals surface area (Å²) >= 11 is 11.0. The molecule has 0 unspecified atom stereocenters. The molecule has 0 amide bonds. The smallest absolute Gasteiger partial charge is 0.194 e. The van der Waals surface area contributed by atoms with Crippen molar-refractivity contribution in [3.8, 4) is 16.9 Å². The number of nitrogens with two attached hydrogens (primary N) is 1. The molecule has 6 heteroatoms. The van der Waals surface area contributed by atoms with E-state index >= 15 is 0 Å². The quantitative estimate of drug-likeness (QED) is 0.336. The highest BCUT2D eigenvalue weighted by Crippen LogP contribution is 2.35. The van der Waals surface area contributed by atoms with Crippen molar-refractivity contribution in [3.05, 3.63) is 88.6 Å². The van der Waals surface area contributed by atoms with E-state index in [1.165, 1.54) is 0 Å². The minimum atomic E-state index is -0.0671. The molecule has 4 nitrogen and oxygen atoms in total. The van der Waals surface area contributed by atoms with Gasteiger partial charge in [0.1, 0.15) is 17.9 Å². The van der Waals surface area contributed by atoms with Crippen LogP contribution >= 0.6 is 23.8 Å². The molecular weight excluding hydrogens is 418 g/mol. The highest BCUT2D eigenvalue weighted by Gasteiger charge is 2.13. The number of rotatable bonds is 7. The molecule has 0 radical (unpaired) electrons. The lowest BCUT2D eigenvalue weighted by Gasteiger charge is -2.12. The average Bonchev–Trinajstić information content (AvgIpc) is 3.12. The van der Waals surface area contributed by atoms with Crippen LogP contribution in [0.2, 0.25) is 5.22 Å². The van der Waals surface area contributed by atoms with Crippen LogP contribution in [0.3, 0.4) is 0 Å². The van der Waals surface area contributed by atoms with E-state index in [-0.39, 0.29) is 11.5 Å². The van der Waals surface area contributed by atoms with Gasteiger partial charge in [0.25, 0.3) is 0 Å². The number of benzene rings is 3. The highest BCUT2D eigenvalue weighted by atomic mass is 35.5. The third-order valence-corrected chi connectivity index (χ3v) is 5.16. The van der Waals surface area contributed by atoms with Crippen LogP contribution in [-0.4, -0.2) is 10.2 Å². The topological polar surface area (TPSA) is 68.6 Å². The van der Waals surface area contributed by atoms with Gasteiger partial charge in [-0.25, -0.2) is 0 Å². The second kappa shape index (κ2) is 8.88. The van der Waals surface area contributed by atoms with Crippen LogP contribution < -0.4 is 10.5 Å². The van der Waals surface area contributed by atoms with Gasteiger partial charge in [0.2, 0.25) is 0 Å². The van der Waals surface area contributed by atoms with E-state index in [4.69, 9.17) is 38.7 Å². The maximum atomic E-state index is 9.49. The summed E-state index contributed by atoms with van der Waals surface area (Å²) in [5, 5.41) is 10.7. The maximum Gasteiger partial charge on any atom is 0.194 e. The number of aliphatic hydroxyl groups is 1. The van der Waals surface area contributed by atoms with Crippen molar-refractivity contribution >= 4 is 39.8 Å². The van der Waals surface area contributed by atoms with Crippen LogP contribution in [0.4, 0.5) is 0 Å². The predicted octanol–water partition coefficient (Wildman–Crippen LogP) is 6.22. The van der Waals surface area contributed by atoms with Crippen molar-refractivity contribution in [1.82, 2.24) is 0 Å². The van der Waals surface area contributed by atoms with Crippen molar-refractivity contribution in [2.75, 3.05) is 0 Å². The van der Waals surface area contributed by atoms with Crippen LogP contribution in [0.1, 0.15) is 16.7 Å². The van der Waals surface area contributed by atoms with Crippen LogP contribution in [-0.2, 0) is 19.6 Å². The Morgan fingerprint density at radius 2 is 1.87 bits per heavy atom. The van der Waals surface area contributed by atoms with Crippen LogP contribution in [0, 0.1) is 0 Å². The molecule has 0 saturated heterocycles. The molecule has 0 aliphatic carbocycles. The zero-order chi connectivity index (χ0) is 21.1. The summed E-state index contributed by atoms with van der Waals surface area (Å²) in [6.07, 6.45) is 0.277. The average molecular weight is 438 g/mol. The van der Waals surface area contributed by atoms with E-state index in [0.29, 0.717) is 24.1 Å². The molecule has 1 heterocycles. The Kier molecular flexibility index (Phi) is 6.04. The molecular formula is C24H20ClNO3S. The van der Waals surface area contributed by atoms with Crippen molar-refractivity contribution in [3.63, 3.8) is 0 Å². The lowest BCUT2D eigenvalue weighted by molar-refractivity contribution is 0.303. The fraction of sp³-hybridized carbons (Fsp3) is 0.125. The van der Waals surface area contributed by atoms with E-state index < -0.39 is 0 Å². The van der Waals surface area contributed by atoms with E-state index in [1.54, 1.807) is 6.07 Å². The summed E-state index contributed by atoms with van der Waals surface area (Å²) in [5.74, 6) is 0.686. The molecule has 0 atom stereocenters. The van der Waals surface area contributed by atoms with E-state index in [0.717, 1.165) is 38.8 Å². The fourth-order valence-electron chi connectivity index (χ4n) is 3.46. The second-order valence-corrected chi connectivity index (χ2v) is 7.83. The summed E-state index contributed by atoms with van der Waals surface area (Å²) in [5.41, 5.74) is 11.3. The van der Waals surface area contributed by atoms with E-state index in [2.05, 4.69) is 0 Å². The molecule has 0 bridgehead atoms. The van der Waals surface area contributed by atoms with Crippen molar-refractivity contribution in [2.24, 2.45) is 5.73 Å². The molecule has 152 valence electrons. The Hall–Kier alpha value is -2.86. The third-order valence-electron chi connectivity index (χ3n) is 4.83. The Morgan fingerprint density at radius 3 is 2.67 bits per heavy atom. The lowest BCUT2D eigenvalue weighted by Crippen LogP contribution is -2.03. The minimum absolute atomic E-state index is 0.0671. The van der Waals surface area contributed by atoms with Gasteiger partial charge in [-0.1, -0.05) is 36.4 Å². The molecule has 1 aromatic heterocycles. The number of thiocarbonyl (C=S) groups is 1. The first kappa shape index (κ1) is 20.4. The largest absolute Gasteiger partial charge is 0.502 e. The Bertz CT molecular complexity index is 1220. The third kappa shape index (κ3) is 4.49. The first-order chi connectivity index (χ1) is 14.5. The molecule has 30 heavy (non-hydrogen) atoms. The number of fused-ring (bicyclic) bond motifs is 1. The number of para-hydroxylation sites is 1. The minimum Gasteiger partial charge on any atom is -0.502 e. The summed E-state index contributed by atoms with van der Waals surface area (Å²) in [6.45, 7) is 0.805.